The number of benzene rings is 2. The Bertz CT molecular complexity index is 1140. The quantitative estimate of drug-likeness (QED) is 0.453. The van der Waals surface area contributed by atoms with Gasteiger partial charge in [-0.3, -0.25) is 0 Å². The van der Waals surface area contributed by atoms with Crippen LogP contribution in [-0.4, -0.2) is 35.2 Å². The summed E-state index contributed by atoms with van der Waals surface area (Å²) in [5, 5.41) is 1.07. The molecule has 2 heterocycles. The summed E-state index contributed by atoms with van der Waals surface area (Å²) in [5.74, 6) is -0.213. The van der Waals surface area contributed by atoms with Gasteiger partial charge in [-0.25, -0.2) is 4.79 Å². The molecule has 0 radical (unpaired) electrons. The van der Waals surface area contributed by atoms with Gasteiger partial charge in [0.15, 0.2) is 0 Å². The number of carbonyl (C=O) groups excluding carboxylic acids is 1. The van der Waals surface area contributed by atoms with Crippen molar-refractivity contribution < 1.29 is 14.0 Å². The second-order valence-corrected chi connectivity index (χ2v) is 9.18. The number of carbonyl (C=O) groups is 1. The number of hydrogen-bond acceptors (Lipinski definition) is 2. The highest BCUT2D eigenvalue weighted by Gasteiger charge is 2.32. The Morgan fingerprint density at radius 1 is 1.13 bits per heavy atom. The van der Waals surface area contributed by atoms with E-state index in [9.17, 15) is 4.79 Å². The maximum absolute atomic E-state index is 12.9. The fourth-order valence-corrected chi connectivity index (χ4v) is 5.02. The molecule has 0 fully saturated rings. The van der Waals surface area contributed by atoms with Crippen molar-refractivity contribution in [2.24, 2.45) is 7.05 Å². The van der Waals surface area contributed by atoms with Gasteiger partial charge >= 0.3 is 5.97 Å². The smallest absolute Gasteiger partial charge is 0.340 e. The van der Waals surface area contributed by atoms with E-state index < -0.39 is 0 Å². The van der Waals surface area contributed by atoms with Gasteiger partial charge in [0.25, 0.3) is 0 Å². The highest BCUT2D eigenvalue weighted by molar-refractivity contribution is 6.07. The number of aromatic nitrogens is 1. The summed E-state index contributed by atoms with van der Waals surface area (Å²) >= 11 is 0. The minimum absolute atomic E-state index is 0.213. The van der Waals surface area contributed by atoms with Gasteiger partial charge in [0.1, 0.15) is 13.1 Å². The molecule has 4 heteroatoms. The lowest BCUT2D eigenvalue weighted by Crippen LogP contribution is -2.47. The summed E-state index contributed by atoms with van der Waals surface area (Å²) in [7, 11) is 4.39. The third-order valence-electron chi connectivity index (χ3n) is 6.86. The zero-order valence-electron chi connectivity index (χ0n) is 19.1. The zero-order chi connectivity index (χ0) is 21.6. The van der Waals surface area contributed by atoms with E-state index in [1.54, 1.807) is 0 Å². The first kappa shape index (κ1) is 20.7. The average Bonchev–Trinajstić information content (AvgIpc) is 2.95. The first-order valence-corrected chi connectivity index (χ1v) is 10.9. The van der Waals surface area contributed by atoms with Crippen LogP contribution in [0.1, 0.15) is 50.8 Å². The molecule has 0 N–H and O–H groups in total. The fourth-order valence-electron chi connectivity index (χ4n) is 5.02. The van der Waals surface area contributed by atoms with E-state index >= 15 is 0 Å². The minimum Gasteiger partial charge on any atom is -0.462 e. The van der Waals surface area contributed by atoms with Crippen molar-refractivity contribution >= 4 is 16.9 Å². The van der Waals surface area contributed by atoms with Crippen LogP contribution in [0.25, 0.3) is 10.9 Å². The third-order valence-corrected chi connectivity index (χ3v) is 6.86. The van der Waals surface area contributed by atoms with E-state index in [0.29, 0.717) is 6.61 Å². The van der Waals surface area contributed by atoms with Crippen molar-refractivity contribution in [2.45, 2.75) is 47.2 Å². The van der Waals surface area contributed by atoms with Crippen LogP contribution in [-0.2, 0) is 31.3 Å². The molecular weight excluding hydrogens is 372 g/mol. The summed E-state index contributed by atoms with van der Waals surface area (Å²) in [6, 6.07) is 11.2. The van der Waals surface area contributed by atoms with Crippen LogP contribution < -0.4 is 0 Å². The molecule has 3 aromatic rings. The van der Waals surface area contributed by atoms with Crippen LogP contribution in [0.4, 0.5) is 0 Å². The van der Waals surface area contributed by atoms with Crippen LogP contribution in [0.2, 0.25) is 0 Å². The number of hydrogen-bond donors (Lipinski definition) is 0. The summed E-state index contributed by atoms with van der Waals surface area (Å²) < 4.78 is 8.51. The van der Waals surface area contributed by atoms with Crippen molar-refractivity contribution in [3.05, 3.63) is 69.4 Å². The van der Waals surface area contributed by atoms with Gasteiger partial charge in [-0.2, -0.15) is 0 Å². The average molecular weight is 406 g/mol. The largest absolute Gasteiger partial charge is 0.462 e. The molecule has 2 aromatic carbocycles. The second-order valence-electron chi connectivity index (χ2n) is 9.18. The van der Waals surface area contributed by atoms with Crippen molar-refractivity contribution in [3.8, 4) is 0 Å². The van der Waals surface area contributed by atoms with Gasteiger partial charge in [-0.05, 0) is 44.9 Å². The van der Waals surface area contributed by atoms with Gasteiger partial charge in [0, 0.05) is 41.2 Å². The molecule has 1 aromatic heterocycles. The van der Waals surface area contributed by atoms with Gasteiger partial charge < -0.3 is 13.8 Å². The number of quaternary nitrogens is 1. The van der Waals surface area contributed by atoms with Crippen molar-refractivity contribution in [2.75, 3.05) is 20.2 Å². The Morgan fingerprint density at radius 2 is 1.90 bits per heavy atom. The van der Waals surface area contributed by atoms with Crippen LogP contribution in [0.3, 0.4) is 0 Å². The SMILES string of the molecule is CCOC(=O)c1c(C)n(C)c2ccc(C)c(C[N+]3(C)CCc4cc(C)ccc4C3)c12. The van der Waals surface area contributed by atoms with E-state index in [4.69, 9.17) is 4.74 Å². The Hall–Kier alpha value is -2.59. The van der Waals surface area contributed by atoms with E-state index in [2.05, 4.69) is 55.8 Å². The van der Waals surface area contributed by atoms with Crippen LogP contribution in [0.5, 0.6) is 0 Å². The standard InChI is InChI=1S/C26H33N2O2/c1-7-30-26(29)24-19(4)27(5)23-11-9-18(3)22(25(23)24)16-28(6)13-12-20-14-17(2)8-10-21(20)15-28/h8-11,14H,7,12-13,15-16H2,1-6H3/q+1. The summed E-state index contributed by atoms with van der Waals surface area (Å²) in [4.78, 5) is 12.9. The maximum atomic E-state index is 12.9. The Morgan fingerprint density at radius 3 is 2.63 bits per heavy atom. The first-order chi connectivity index (χ1) is 14.2. The molecule has 1 atom stereocenters. The molecule has 1 aliphatic rings. The van der Waals surface area contributed by atoms with Crippen LogP contribution >= 0.6 is 0 Å². The third kappa shape index (κ3) is 3.43. The molecule has 0 spiro atoms. The monoisotopic (exact) mass is 405 g/mol. The number of esters is 1. The second kappa shape index (κ2) is 7.59. The Kier molecular flexibility index (Phi) is 5.23. The van der Waals surface area contributed by atoms with E-state index in [1.165, 1.54) is 27.8 Å². The van der Waals surface area contributed by atoms with Crippen molar-refractivity contribution in [1.82, 2.24) is 4.57 Å². The summed E-state index contributed by atoms with van der Waals surface area (Å²) in [5.41, 5.74) is 9.60. The molecular formula is C26H33N2O2+. The van der Waals surface area contributed by atoms with Gasteiger partial charge in [0.05, 0.1) is 25.8 Å². The highest BCUT2D eigenvalue weighted by atomic mass is 16.5. The molecule has 158 valence electrons. The highest BCUT2D eigenvalue weighted by Crippen LogP contribution is 2.34. The molecule has 30 heavy (non-hydrogen) atoms. The normalized spacial score (nSPS) is 18.5. The fraction of sp³-hybridized carbons (Fsp3) is 0.423. The number of rotatable bonds is 4. The first-order valence-electron chi connectivity index (χ1n) is 10.9. The lowest BCUT2D eigenvalue weighted by Gasteiger charge is -2.39. The topological polar surface area (TPSA) is 31.2 Å². The van der Waals surface area contributed by atoms with E-state index in [-0.39, 0.29) is 5.97 Å². The number of likely N-dealkylation sites (N-methyl/N-ethyl adjacent to an activating group) is 1. The summed E-state index contributed by atoms with van der Waals surface area (Å²) in [6.07, 6.45) is 1.10. The van der Waals surface area contributed by atoms with E-state index in [0.717, 1.165) is 52.7 Å². The zero-order valence-corrected chi connectivity index (χ0v) is 19.1. The van der Waals surface area contributed by atoms with Crippen LogP contribution in [0.15, 0.2) is 30.3 Å². The lowest BCUT2D eigenvalue weighted by molar-refractivity contribution is -0.937. The predicted octanol–water partition coefficient (Wildman–Crippen LogP) is 4.98. The minimum atomic E-state index is -0.213. The van der Waals surface area contributed by atoms with Crippen molar-refractivity contribution in [1.29, 1.82) is 0 Å². The molecule has 0 saturated carbocycles. The number of fused-ring (bicyclic) bond motifs is 2. The molecule has 0 amide bonds. The molecule has 1 unspecified atom stereocenters. The maximum Gasteiger partial charge on any atom is 0.340 e. The number of nitrogens with zero attached hydrogens (tertiary/aromatic N) is 2. The number of ether oxygens (including phenoxy) is 1. The van der Waals surface area contributed by atoms with Gasteiger partial charge in [-0.15, -0.1) is 0 Å². The van der Waals surface area contributed by atoms with Crippen molar-refractivity contribution in [3.63, 3.8) is 0 Å². The molecule has 0 bridgehead atoms. The van der Waals surface area contributed by atoms with Crippen LogP contribution in [0, 0.1) is 20.8 Å². The molecule has 4 nitrogen and oxygen atoms in total. The lowest BCUT2D eigenvalue weighted by atomic mass is 9.94. The predicted molar refractivity (Wildman–Crippen MR) is 122 cm³/mol. The van der Waals surface area contributed by atoms with E-state index in [1.807, 2.05) is 20.9 Å². The number of aryl methyl sites for hydroxylation is 3. The Labute approximate surface area is 179 Å². The molecule has 4 rings (SSSR count). The summed E-state index contributed by atoms with van der Waals surface area (Å²) in [6.45, 7) is 11.6. The molecule has 0 aliphatic carbocycles. The van der Waals surface area contributed by atoms with Gasteiger partial charge in [0.2, 0.25) is 0 Å². The van der Waals surface area contributed by atoms with Gasteiger partial charge in [-0.1, -0.05) is 29.8 Å². The molecule has 1 aliphatic heterocycles. The Balaban J connectivity index is 1.81. The molecule has 0 saturated heterocycles.